The molecule has 1 atom stereocenters. The van der Waals surface area contributed by atoms with Gasteiger partial charge in [-0.25, -0.2) is 4.39 Å². The molecule has 3 N–H and O–H groups in total. The highest BCUT2D eigenvalue weighted by molar-refractivity contribution is 6.30. The molecule has 96 valence electrons. The number of hydrogen-bond acceptors (Lipinski definition) is 3. The molecular formula is C12H17ClFNO2. The van der Waals surface area contributed by atoms with Gasteiger partial charge in [-0.3, -0.25) is 0 Å². The number of nitrogens with one attached hydrogen (secondary N) is 1. The molecule has 0 radical (unpaired) electrons. The Labute approximate surface area is 105 Å². The second-order valence-electron chi connectivity index (χ2n) is 4.42. The molecule has 0 heterocycles. The van der Waals surface area contributed by atoms with Crippen LogP contribution in [-0.4, -0.2) is 29.0 Å². The first-order chi connectivity index (χ1) is 7.91. The first kappa shape index (κ1) is 14.4. The normalized spacial score (nSPS) is 13.8. The van der Waals surface area contributed by atoms with E-state index in [-0.39, 0.29) is 24.3 Å². The maximum Gasteiger partial charge on any atom is 0.142 e. The summed E-state index contributed by atoms with van der Waals surface area (Å²) in [4.78, 5) is 0. The summed E-state index contributed by atoms with van der Waals surface area (Å²) in [7, 11) is 0. The molecule has 0 saturated heterocycles. The summed E-state index contributed by atoms with van der Waals surface area (Å²) in [5.74, 6) is -0.479. The van der Waals surface area contributed by atoms with Crippen LogP contribution < -0.4 is 5.32 Å². The van der Waals surface area contributed by atoms with Gasteiger partial charge in [-0.05, 0) is 31.5 Å². The number of aliphatic hydroxyl groups excluding tert-OH is 2. The molecule has 3 nitrogen and oxygen atoms in total. The van der Waals surface area contributed by atoms with Crippen molar-refractivity contribution in [3.05, 3.63) is 34.6 Å². The quantitative estimate of drug-likeness (QED) is 0.759. The van der Waals surface area contributed by atoms with Crippen molar-refractivity contribution in [3.8, 4) is 0 Å². The summed E-state index contributed by atoms with van der Waals surface area (Å²) in [5, 5.41) is 21.4. The van der Waals surface area contributed by atoms with Crippen LogP contribution in [-0.2, 0) is 0 Å². The maximum absolute atomic E-state index is 13.3. The van der Waals surface area contributed by atoms with Crippen molar-refractivity contribution in [3.63, 3.8) is 0 Å². The predicted molar refractivity (Wildman–Crippen MR) is 65.5 cm³/mol. The maximum atomic E-state index is 13.3. The summed E-state index contributed by atoms with van der Waals surface area (Å²) in [6, 6.07) is 4.33. The van der Waals surface area contributed by atoms with Crippen LogP contribution in [0.5, 0.6) is 0 Å². The molecular weight excluding hydrogens is 245 g/mol. The Morgan fingerprint density at radius 3 is 2.47 bits per heavy atom. The standard InChI is InChI=1S/C12H17ClFNO2/c1-8(15-12(2,6-16)7-17)9-3-4-10(13)11(14)5-9/h3-5,8,15-17H,6-7H2,1-2H3. The van der Waals surface area contributed by atoms with Crippen molar-refractivity contribution in [1.29, 1.82) is 0 Å². The van der Waals surface area contributed by atoms with E-state index >= 15 is 0 Å². The lowest BCUT2D eigenvalue weighted by molar-refractivity contribution is 0.0957. The van der Waals surface area contributed by atoms with E-state index in [1.165, 1.54) is 12.1 Å². The van der Waals surface area contributed by atoms with Crippen molar-refractivity contribution in [1.82, 2.24) is 5.32 Å². The molecule has 0 aliphatic heterocycles. The Bertz CT molecular complexity index is 383. The Hall–Kier alpha value is -0.680. The van der Waals surface area contributed by atoms with E-state index < -0.39 is 11.4 Å². The van der Waals surface area contributed by atoms with Crippen LogP contribution in [0.3, 0.4) is 0 Å². The number of hydrogen-bond donors (Lipinski definition) is 3. The lowest BCUT2D eigenvalue weighted by Gasteiger charge is -2.30. The van der Waals surface area contributed by atoms with E-state index in [9.17, 15) is 4.39 Å². The van der Waals surface area contributed by atoms with Gasteiger partial charge in [0.25, 0.3) is 0 Å². The molecule has 1 rings (SSSR count). The van der Waals surface area contributed by atoms with E-state index in [1.54, 1.807) is 13.0 Å². The fourth-order valence-corrected chi connectivity index (χ4v) is 1.65. The molecule has 0 saturated carbocycles. The van der Waals surface area contributed by atoms with E-state index in [2.05, 4.69) is 5.32 Å². The number of rotatable bonds is 5. The minimum absolute atomic E-state index is 0.0769. The van der Waals surface area contributed by atoms with Crippen molar-refractivity contribution < 1.29 is 14.6 Å². The molecule has 0 spiro atoms. The predicted octanol–water partition coefficient (Wildman–Crippen LogP) is 1.87. The molecule has 0 aliphatic rings. The molecule has 0 aliphatic carbocycles. The Morgan fingerprint density at radius 2 is 2.00 bits per heavy atom. The van der Waals surface area contributed by atoms with Crippen LogP contribution in [0, 0.1) is 5.82 Å². The summed E-state index contributed by atoms with van der Waals surface area (Å²) in [5.41, 5.74) is -0.0877. The van der Waals surface area contributed by atoms with Crippen molar-refractivity contribution in [2.24, 2.45) is 0 Å². The van der Waals surface area contributed by atoms with E-state index in [1.807, 2.05) is 6.92 Å². The van der Waals surface area contributed by atoms with Gasteiger partial charge < -0.3 is 15.5 Å². The third kappa shape index (κ3) is 3.64. The van der Waals surface area contributed by atoms with E-state index in [0.717, 1.165) is 0 Å². The van der Waals surface area contributed by atoms with Gasteiger partial charge in [-0.15, -0.1) is 0 Å². The van der Waals surface area contributed by atoms with Gasteiger partial charge in [0.2, 0.25) is 0 Å². The van der Waals surface area contributed by atoms with Crippen molar-refractivity contribution in [2.75, 3.05) is 13.2 Å². The minimum atomic E-state index is -0.796. The van der Waals surface area contributed by atoms with Gasteiger partial charge in [0, 0.05) is 6.04 Å². The average molecular weight is 262 g/mol. The smallest absolute Gasteiger partial charge is 0.142 e. The van der Waals surface area contributed by atoms with Gasteiger partial charge in [-0.2, -0.15) is 0 Å². The van der Waals surface area contributed by atoms with Gasteiger partial charge in [0.15, 0.2) is 0 Å². The SMILES string of the molecule is CC(NC(C)(CO)CO)c1ccc(Cl)c(F)c1. The zero-order valence-electron chi connectivity index (χ0n) is 9.87. The summed E-state index contributed by atoms with van der Waals surface area (Å²) < 4.78 is 13.3. The molecule has 1 unspecified atom stereocenters. The highest BCUT2D eigenvalue weighted by Crippen LogP contribution is 2.21. The van der Waals surface area contributed by atoms with Gasteiger partial charge in [0.05, 0.1) is 23.8 Å². The molecule has 0 aromatic heterocycles. The molecule has 0 amide bonds. The molecule has 0 fully saturated rings. The van der Waals surface area contributed by atoms with E-state index in [4.69, 9.17) is 21.8 Å². The highest BCUT2D eigenvalue weighted by atomic mass is 35.5. The first-order valence-electron chi connectivity index (χ1n) is 5.36. The van der Waals surface area contributed by atoms with Crippen LogP contribution in [0.1, 0.15) is 25.5 Å². The molecule has 1 aromatic carbocycles. The van der Waals surface area contributed by atoms with Crippen LogP contribution in [0.25, 0.3) is 0 Å². The molecule has 1 aromatic rings. The van der Waals surface area contributed by atoms with Crippen LogP contribution in [0.2, 0.25) is 5.02 Å². The summed E-state index contributed by atoms with van der Waals surface area (Å²) >= 11 is 5.60. The number of aliphatic hydroxyl groups is 2. The lowest BCUT2D eigenvalue weighted by atomic mass is 10.0. The van der Waals surface area contributed by atoms with Crippen molar-refractivity contribution >= 4 is 11.6 Å². The summed E-state index contributed by atoms with van der Waals surface area (Å²) in [6.07, 6.45) is 0. The second kappa shape index (κ2) is 5.78. The average Bonchev–Trinajstić information content (AvgIpc) is 2.32. The Morgan fingerprint density at radius 1 is 1.41 bits per heavy atom. The topological polar surface area (TPSA) is 52.5 Å². The number of halogens is 2. The van der Waals surface area contributed by atoms with Crippen molar-refractivity contribution in [2.45, 2.75) is 25.4 Å². The second-order valence-corrected chi connectivity index (χ2v) is 4.82. The van der Waals surface area contributed by atoms with Crippen LogP contribution in [0.4, 0.5) is 4.39 Å². The van der Waals surface area contributed by atoms with Crippen LogP contribution in [0.15, 0.2) is 18.2 Å². The molecule has 5 heteroatoms. The Balaban J connectivity index is 2.82. The fourth-order valence-electron chi connectivity index (χ4n) is 1.53. The van der Waals surface area contributed by atoms with Gasteiger partial charge in [0.1, 0.15) is 5.82 Å². The monoisotopic (exact) mass is 261 g/mol. The van der Waals surface area contributed by atoms with Gasteiger partial charge >= 0.3 is 0 Å². The van der Waals surface area contributed by atoms with E-state index in [0.29, 0.717) is 5.56 Å². The molecule has 17 heavy (non-hydrogen) atoms. The third-order valence-electron chi connectivity index (χ3n) is 2.71. The van der Waals surface area contributed by atoms with Gasteiger partial charge in [-0.1, -0.05) is 17.7 Å². The molecule has 0 bridgehead atoms. The first-order valence-corrected chi connectivity index (χ1v) is 5.74. The highest BCUT2D eigenvalue weighted by Gasteiger charge is 2.24. The third-order valence-corrected chi connectivity index (χ3v) is 3.01. The number of benzene rings is 1. The summed E-state index contributed by atoms with van der Waals surface area (Å²) in [6.45, 7) is 3.11. The lowest BCUT2D eigenvalue weighted by Crippen LogP contribution is -2.49. The zero-order valence-corrected chi connectivity index (χ0v) is 10.6. The van der Waals surface area contributed by atoms with Crippen LogP contribution >= 0.6 is 11.6 Å². The largest absolute Gasteiger partial charge is 0.394 e. The minimum Gasteiger partial charge on any atom is -0.394 e. The zero-order chi connectivity index (χ0) is 13.1. The Kier molecular flexibility index (Phi) is 4.89. The fraction of sp³-hybridized carbons (Fsp3) is 0.500.